The second-order valence-electron chi connectivity index (χ2n) is 5.91. The van der Waals surface area contributed by atoms with Crippen LogP contribution in [0.4, 0.5) is 0 Å². The van der Waals surface area contributed by atoms with Crippen molar-refractivity contribution in [3.63, 3.8) is 0 Å². The SMILES string of the molecule is C1=NC=NC1.c1c[nH]cn1.c1c[nH]cn1.c1cc[nH]c1.c1cn[nH]c1.c1cocn1.c1cscn1.c1nnco1. The Bertz CT molecular complexity index is 865. The fourth-order valence-electron chi connectivity index (χ4n) is 1.65. The smallest absolute Gasteiger partial charge is 0.203 e. The van der Waals surface area contributed by atoms with Crippen LogP contribution in [0.1, 0.15) is 0 Å². The van der Waals surface area contributed by atoms with Crippen molar-refractivity contribution < 1.29 is 8.83 Å². The van der Waals surface area contributed by atoms with Gasteiger partial charge in [-0.3, -0.25) is 15.1 Å². The third kappa shape index (κ3) is 26.8. The molecule has 1 aliphatic rings. The van der Waals surface area contributed by atoms with Crippen molar-refractivity contribution in [2.75, 3.05) is 6.54 Å². The first-order valence-electron chi connectivity index (χ1n) is 11.2. The highest BCUT2D eigenvalue weighted by molar-refractivity contribution is 7.07. The Morgan fingerprint density at radius 2 is 1.43 bits per heavy atom. The third-order valence-electron chi connectivity index (χ3n) is 3.13. The lowest BCUT2D eigenvalue weighted by Gasteiger charge is -1.56. The number of aromatic nitrogens is 11. The van der Waals surface area contributed by atoms with E-state index < -0.39 is 0 Å². The highest BCUT2D eigenvalue weighted by atomic mass is 32.1. The number of nitrogens with one attached hydrogen (secondary N) is 4. The van der Waals surface area contributed by atoms with Crippen LogP contribution >= 0.6 is 11.3 Å². The Labute approximate surface area is 233 Å². The number of H-pyrrole nitrogens is 4. The number of hydrogen-bond donors (Lipinski definition) is 4. The van der Waals surface area contributed by atoms with Crippen LogP contribution in [0.25, 0.3) is 0 Å². The minimum absolute atomic E-state index is 0.778. The standard InChI is InChI=1S/C4H5N.4C3H4N2.C3H3NO.C3H3NS.C2H2N2O/c1-2-4-5-3-1;3*1-2-5-3-4-1;1-2-4-5-3-1;2*1-2-5-3-4-1;1-3-4-2-5-1/h1-5H;1,3H,2H2;3*1-3H,(H,4,5);2*1-3H;1-2H. The summed E-state index contributed by atoms with van der Waals surface area (Å²) in [6.45, 7) is 0.778. The van der Waals surface area contributed by atoms with Gasteiger partial charge in [0.2, 0.25) is 12.8 Å². The summed E-state index contributed by atoms with van der Waals surface area (Å²) in [5.74, 6) is 0. The highest BCUT2D eigenvalue weighted by Crippen LogP contribution is 1.86. The first-order chi connectivity index (χ1) is 20.0. The van der Waals surface area contributed by atoms with Gasteiger partial charge in [0.1, 0.15) is 12.6 Å². The summed E-state index contributed by atoms with van der Waals surface area (Å²) in [6.07, 6.45) is 29.5. The largest absolute Gasteiger partial charge is 0.452 e. The summed E-state index contributed by atoms with van der Waals surface area (Å²) in [6, 6.07) is 5.72. The van der Waals surface area contributed by atoms with E-state index in [1.54, 1.807) is 91.6 Å². The zero-order valence-electron chi connectivity index (χ0n) is 21.2. The van der Waals surface area contributed by atoms with Crippen molar-refractivity contribution in [1.82, 2.24) is 55.3 Å². The summed E-state index contributed by atoms with van der Waals surface area (Å²) in [5.41, 5.74) is 1.79. The van der Waals surface area contributed by atoms with E-state index in [4.69, 9.17) is 0 Å². The molecule has 8 rings (SSSR count). The molecule has 8 heterocycles. The number of oxazole rings is 1. The summed E-state index contributed by atoms with van der Waals surface area (Å²) in [4.78, 5) is 30.4. The minimum Gasteiger partial charge on any atom is -0.452 e. The molecular weight excluding hydrogens is 534 g/mol. The number of aliphatic imine (C=N–C) groups is 2. The van der Waals surface area contributed by atoms with E-state index in [1.165, 1.54) is 25.4 Å². The number of imidazole rings is 2. The highest BCUT2D eigenvalue weighted by Gasteiger charge is 1.73. The Morgan fingerprint density at radius 3 is 1.60 bits per heavy atom. The molecule has 0 atom stereocenters. The third-order valence-corrected chi connectivity index (χ3v) is 3.65. The average molecular weight is 564 g/mol. The van der Waals surface area contributed by atoms with Gasteiger partial charge in [-0.05, 0) is 18.2 Å². The van der Waals surface area contributed by atoms with Gasteiger partial charge in [0.05, 0.1) is 30.9 Å². The average Bonchev–Trinajstić information content (AvgIpc) is 3.95. The van der Waals surface area contributed by atoms with E-state index in [9.17, 15) is 0 Å². The fraction of sp³-hybridized carbons (Fsp3) is 0.0417. The van der Waals surface area contributed by atoms with Gasteiger partial charge < -0.3 is 23.8 Å². The van der Waals surface area contributed by atoms with Crippen molar-refractivity contribution in [2.24, 2.45) is 9.98 Å². The van der Waals surface area contributed by atoms with E-state index in [0.29, 0.717) is 0 Å². The van der Waals surface area contributed by atoms with Crippen molar-refractivity contribution in [3.8, 4) is 0 Å². The van der Waals surface area contributed by atoms with E-state index in [2.05, 4.69) is 74.1 Å². The molecule has 40 heavy (non-hydrogen) atoms. The Kier molecular flexibility index (Phi) is 23.8. The Morgan fingerprint density at radius 1 is 0.650 bits per heavy atom. The quantitative estimate of drug-likeness (QED) is 0.208. The fourth-order valence-corrected chi connectivity index (χ4v) is 2.00. The minimum atomic E-state index is 0.778. The lowest BCUT2D eigenvalue weighted by molar-refractivity contribution is 0.553. The Hall–Kier alpha value is -5.77. The molecule has 0 amide bonds. The summed E-state index contributed by atoms with van der Waals surface area (Å²) in [5, 5.41) is 14.8. The molecule has 1 aliphatic heterocycles. The molecule has 0 saturated heterocycles. The molecule has 0 spiro atoms. The maximum absolute atomic E-state index is 4.47. The number of nitrogens with zero attached hydrogens (tertiary/aromatic N) is 9. The van der Waals surface area contributed by atoms with Gasteiger partial charge in [-0.1, -0.05) is 0 Å². The van der Waals surface area contributed by atoms with Gasteiger partial charge in [0.15, 0.2) is 6.39 Å². The summed E-state index contributed by atoms with van der Waals surface area (Å²) < 4.78 is 8.83. The molecule has 16 heteroatoms. The number of aromatic amines is 4. The molecule has 0 fully saturated rings. The van der Waals surface area contributed by atoms with Crippen LogP contribution in [0.3, 0.4) is 0 Å². The maximum atomic E-state index is 4.47. The molecule has 0 radical (unpaired) electrons. The lowest BCUT2D eigenvalue weighted by Crippen LogP contribution is -1.65. The zero-order valence-corrected chi connectivity index (χ0v) is 22.1. The topological polar surface area (TPSA) is 204 Å². The molecule has 7 aromatic rings. The molecule has 7 aromatic heterocycles. The molecule has 0 unspecified atom stereocenters. The van der Waals surface area contributed by atoms with Gasteiger partial charge in [-0.25, -0.2) is 19.9 Å². The number of rotatable bonds is 0. The first kappa shape index (κ1) is 32.3. The Balaban J connectivity index is 0.000000229. The van der Waals surface area contributed by atoms with E-state index >= 15 is 0 Å². The molecule has 0 bridgehead atoms. The van der Waals surface area contributed by atoms with Gasteiger partial charge in [0, 0.05) is 67.4 Å². The molecule has 0 aliphatic carbocycles. The second kappa shape index (κ2) is 29.5. The zero-order chi connectivity index (χ0) is 28.3. The molecule has 0 saturated carbocycles. The summed E-state index contributed by atoms with van der Waals surface area (Å²) >= 11 is 1.60. The predicted octanol–water partition coefficient (Wildman–Crippen LogP) is 4.23. The van der Waals surface area contributed by atoms with Crippen molar-refractivity contribution >= 4 is 23.9 Å². The van der Waals surface area contributed by atoms with Crippen LogP contribution in [-0.2, 0) is 0 Å². The first-order valence-corrected chi connectivity index (χ1v) is 12.1. The maximum Gasteiger partial charge on any atom is 0.203 e. The van der Waals surface area contributed by atoms with Crippen LogP contribution in [0.2, 0.25) is 0 Å². The normalized spacial score (nSPS) is 9.20. The van der Waals surface area contributed by atoms with E-state index in [-0.39, 0.29) is 0 Å². The monoisotopic (exact) mass is 563 g/mol. The van der Waals surface area contributed by atoms with Gasteiger partial charge in [-0.15, -0.1) is 21.5 Å². The van der Waals surface area contributed by atoms with E-state index in [0.717, 1.165) is 6.54 Å². The molecule has 208 valence electrons. The molecular formula is C24H29N13O2S. The van der Waals surface area contributed by atoms with Crippen LogP contribution in [-0.4, -0.2) is 74.4 Å². The van der Waals surface area contributed by atoms with Crippen LogP contribution in [0, 0.1) is 0 Å². The van der Waals surface area contributed by atoms with Gasteiger partial charge >= 0.3 is 0 Å². The lowest BCUT2D eigenvalue weighted by atomic mass is 10.7. The predicted molar refractivity (Wildman–Crippen MR) is 151 cm³/mol. The molecule has 0 aromatic carbocycles. The van der Waals surface area contributed by atoms with Gasteiger partial charge in [0.25, 0.3) is 0 Å². The van der Waals surface area contributed by atoms with Crippen molar-refractivity contribution in [3.05, 3.63) is 129 Å². The van der Waals surface area contributed by atoms with Crippen LogP contribution in [0.5, 0.6) is 0 Å². The second-order valence-corrected chi connectivity index (χ2v) is 6.67. The van der Waals surface area contributed by atoms with Crippen molar-refractivity contribution in [2.45, 2.75) is 0 Å². The van der Waals surface area contributed by atoms with Crippen LogP contribution in [0.15, 0.2) is 148 Å². The van der Waals surface area contributed by atoms with Gasteiger partial charge in [-0.2, -0.15) is 5.10 Å². The molecule has 4 N–H and O–H groups in total. The van der Waals surface area contributed by atoms with E-state index in [1.807, 2.05) is 36.0 Å². The molecule has 15 nitrogen and oxygen atoms in total. The number of thiazole rings is 1. The number of hydrogen-bond acceptors (Lipinski definition) is 12. The summed E-state index contributed by atoms with van der Waals surface area (Å²) in [7, 11) is 0. The van der Waals surface area contributed by atoms with Crippen molar-refractivity contribution in [1.29, 1.82) is 0 Å². The van der Waals surface area contributed by atoms with Crippen LogP contribution < -0.4 is 0 Å².